The number of benzene rings is 1. The maximum absolute atomic E-state index is 14.0. The Morgan fingerprint density at radius 1 is 1.19 bits per heavy atom. The highest BCUT2D eigenvalue weighted by molar-refractivity contribution is 9.10. The molecule has 21 heavy (non-hydrogen) atoms. The van der Waals surface area contributed by atoms with E-state index < -0.39 is 17.7 Å². The van der Waals surface area contributed by atoms with Gasteiger partial charge in [0.15, 0.2) is 0 Å². The average Bonchev–Trinajstić information content (AvgIpc) is 2.46. The maximum atomic E-state index is 14.0. The number of halogens is 3. The van der Waals surface area contributed by atoms with Gasteiger partial charge in [-0.3, -0.25) is 4.98 Å². The molecule has 1 heterocycles. The van der Waals surface area contributed by atoms with Crippen LogP contribution in [0.2, 0.25) is 0 Å². The summed E-state index contributed by atoms with van der Waals surface area (Å²) in [4.78, 5) is 4.28. The Labute approximate surface area is 131 Å². The fourth-order valence-electron chi connectivity index (χ4n) is 2.17. The largest absolute Gasteiger partial charge is 0.309 e. The molecular weight excluding hydrogens is 338 g/mol. The Morgan fingerprint density at radius 3 is 2.48 bits per heavy atom. The predicted molar refractivity (Wildman–Crippen MR) is 83.0 cm³/mol. The van der Waals surface area contributed by atoms with Crippen molar-refractivity contribution in [3.8, 4) is 0 Å². The SMILES string of the molecule is CCCNC(Cc1ccc(Br)cn1)c1c(F)cccc1F. The molecule has 0 fully saturated rings. The Kier molecular flexibility index (Phi) is 5.82. The third-order valence-electron chi connectivity index (χ3n) is 3.19. The molecule has 0 radical (unpaired) electrons. The van der Waals surface area contributed by atoms with Crippen molar-refractivity contribution in [1.82, 2.24) is 10.3 Å². The van der Waals surface area contributed by atoms with Crippen molar-refractivity contribution < 1.29 is 8.78 Å². The van der Waals surface area contributed by atoms with Gasteiger partial charge in [-0.05, 0) is 53.2 Å². The molecule has 0 aliphatic heterocycles. The molecule has 0 saturated heterocycles. The Hall–Kier alpha value is -1.33. The van der Waals surface area contributed by atoms with Crippen LogP contribution in [0.5, 0.6) is 0 Å². The lowest BCUT2D eigenvalue weighted by Gasteiger charge is -2.20. The Balaban J connectivity index is 2.27. The normalized spacial score (nSPS) is 12.4. The number of hydrogen-bond donors (Lipinski definition) is 1. The number of nitrogens with one attached hydrogen (secondary N) is 1. The molecule has 1 unspecified atom stereocenters. The molecule has 2 nitrogen and oxygen atoms in total. The first-order chi connectivity index (χ1) is 10.1. The van der Waals surface area contributed by atoms with Crippen molar-refractivity contribution in [3.63, 3.8) is 0 Å². The van der Waals surface area contributed by atoms with E-state index in [0.717, 1.165) is 16.6 Å². The number of nitrogens with zero attached hydrogens (tertiary/aromatic N) is 1. The lowest BCUT2D eigenvalue weighted by molar-refractivity contribution is 0.462. The zero-order chi connectivity index (χ0) is 15.2. The molecule has 0 aliphatic carbocycles. The van der Waals surface area contributed by atoms with Gasteiger partial charge in [-0.25, -0.2) is 8.78 Å². The zero-order valence-electron chi connectivity index (χ0n) is 11.7. The van der Waals surface area contributed by atoms with Crippen LogP contribution in [-0.2, 0) is 6.42 Å². The van der Waals surface area contributed by atoms with Gasteiger partial charge in [-0.15, -0.1) is 0 Å². The summed E-state index contributed by atoms with van der Waals surface area (Å²) in [5, 5.41) is 3.20. The summed E-state index contributed by atoms with van der Waals surface area (Å²) >= 11 is 3.32. The van der Waals surface area contributed by atoms with Gasteiger partial charge < -0.3 is 5.32 Å². The van der Waals surface area contributed by atoms with Crippen molar-refractivity contribution in [3.05, 3.63) is 63.9 Å². The summed E-state index contributed by atoms with van der Waals surface area (Å²) in [6.45, 7) is 2.70. The molecule has 2 aromatic rings. The highest BCUT2D eigenvalue weighted by atomic mass is 79.9. The van der Waals surface area contributed by atoms with Crippen LogP contribution in [0.1, 0.15) is 30.6 Å². The minimum absolute atomic E-state index is 0.0793. The van der Waals surface area contributed by atoms with Gasteiger partial charge >= 0.3 is 0 Å². The number of aromatic nitrogens is 1. The molecular formula is C16H17BrF2N2. The van der Waals surface area contributed by atoms with Crippen LogP contribution in [0, 0.1) is 11.6 Å². The van der Waals surface area contributed by atoms with E-state index in [4.69, 9.17) is 0 Å². The summed E-state index contributed by atoms with van der Waals surface area (Å²) in [6, 6.07) is 7.24. The van der Waals surface area contributed by atoms with E-state index in [1.165, 1.54) is 18.2 Å². The van der Waals surface area contributed by atoms with E-state index in [9.17, 15) is 8.78 Å². The molecule has 1 aromatic heterocycles. The van der Waals surface area contributed by atoms with Crippen molar-refractivity contribution in [1.29, 1.82) is 0 Å². The van der Waals surface area contributed by atoms with Crippen molar-refractivity contribution in [2.45, 2.75) is 25.8 Å². The van der Waals surface area contributed by atoms with Crippen LogP contribution in [0.3, 0.4) is 0 Å². The molecule has 1 N–H and O–H groups in total. The average molecular weight is 355 g/mol. The maximum Gasteiger partial charge on any atom is 0.130 e. The number of pyridine rings is 1. The fraction of sp³-hybridized carbons (Fsp3) is 0.312. The molecule has 0 saturated carbocycles. The van der Waals surface area contributed by atoms with E-state index in [2.05, 4.69) is 26.2 Å². The highest BCUT2D eigenvalue weighted by Gasteiger charge is 2.20. The van der Waals surface area contributed by atoms with Gasteiger partial charge in [-0.1, -0.05) is 13.0 Å². The van der Waals surface area contributed by atoms with Crippen LogP contribution in [0.25, 0.3) is 0 Å². The molecule has 112 valence electrons. The van der Waals surface area contributed by atoms with E-state index in [0.29, 0.717) is 13.0 Å². The van der Waals surface area contributed by atoms with Gasteiger partial charge in [-0.2, -0.15) is 0 Å². The minimum Gasteiger partial charge on any atom is -0.309 e. The molecule has 0 amide bonds. The van der Waals surface area contributed by atoms with Gasteiger partial charge in [0, 0.05) is 34.4 Å². The first-order valence-electron chi connectivity index (χ1n) is 6.89. The van der Waals surface area contributed by atoms with E-state index in [-0.39, 0.29) is 5.56 Å². The van der Waals surface area contributed by atoms with Gasteiger partial charge in [0.1, 0.15) is 11.6 Å². The summed E-state index contributed by atoms with van der Waals surface area (Å²) in [6.07, 6.45) is 3.01. The molecule has 5 heteroatoms. The number of rotatable bonds is 6. The van der Waals surface area contributed by atoms with Crippen LogP contribution >= 0.6 is 15.9 Å². The van der Waals surface area contributed by atoms with E-state index in [1.54, 1.807) is 6.20 Å². The second kappa shape index (κ2) is 7.61. The van der Waals surface area contributed by atoms with Crippen molar-refractivity contribution in [2.24, 2.45) is 0 Å². The zero-order valence-corrected chi connectivity index (χ0v) is 13.3. The molecule has 0 aliphatic rings. The second-order valence-electron chi connectivity index (χ2n) is 4.81. The van der Waals surface area contributed by atoms with Gasteiger partial charge in [0.25, 0.3) is 0 Å². The quantitative estimate of drug-likeness (QED) is 0.831. The topological polar surface area (TPSA) is 24.9 Å². The fourth-order valence-corrected chi connectivity index (χ4v) is 2.41. The highest BCUT2D eigenvalue weighted by Crippen LogP contribution is 2.24. The minimum atomic E-state index is -0.527. The van der Waals surface area contributed by atoms with Crippen molar-refractivity contribution in [2.75, 3.05) is 6.54 Å². The van der Waals surface area contributed by atoms with E-state index in [1.807, 2.05) is 19.1 Å². The summed E-state index contributed by atoms with van der Waals surface area (Å²) in [7, 11) is 0. The standard InChI is InChI=1S/C16H17BrF2N2/c1-2-8-20-15(9-12-7-6-11(17)10-21-12)16-13(18)4-3-5-14(16)19/h3-7,10,15,20H,2,8-9H2,1H3. The lowest BCUT2D eigenvalue weighted by atomic mass is 10.00. The molecule has 0 bridgehead atoms. The van der Waals surface area contributed by atoms with Crippen LogP contribution in [0.4, 0.5) is 8.78 Å². The summed E-state index contributed by atoms with van der Waals surface area (Å²) < 4.78 is 28.8. The van der Waals surface area contributed by atoms with Crippen LogP contribution in [0.15, 0.2) is 41.0 Å². The van der Waals surface area contributed by atoms with Gasteiger partial charge in [0.2, 0.25) is 0 Å². The molecule has 1 atom stereocenters. The third-order valence-corrected chi connectivity index (χ3v) is 3.66. The summed E-state index contributed by atoms with van der Waals surface area (Å²) in [5.74, 6) is -1.05. The van der Waals surface area contributed by atoms with Crippen LogP contribution in [-0.4, -0.2) is 11.5 Å². The predicted octanol–water partition coefficient (Wildman–Crippen LogP) is 4.41. The molecule has 1 aromatic carbocycles. The van der Waals surface area contributed by atoms with Crippen molar-refractivity contribution >= 4 is 15.9 Å². The lowest BCUT2D eigenvalue weighted by Crippen LogP contribution is -2.26. The Morgan fingerprint density at radius 2 is 1.90 bits per heavy atom. The third kappa shape index (κ3) is 4.32. The second-order valence-corrected chi connectivity index (χ2v) is 5.73. The molecule has 2 rings (SSSR count). The Bertz CT molecular complexity index is 567. The summed E-state index contributed by atoms with van der Waals surface area (Å²) in [5.41, 5.74) is 0.866. The van der Waals surface area contributed by atoms with Crippen LogP contribution < -0.4 is 5.32 Å². The smallest absolute Gasteiger partial charge is 0.130 e. The number of hydrogen-bond acceptors (Lipinski definition) is 2. The molecule has 0 spiro atoms. The monoisotopic (exact) mass is 354 g/mol. The first-order valence-corrected chi connectivity index (χ1v) is 7.68. The van der Waals surface area contributed by atoms with E-state index >= 15 is 0 Å². The first kappa shape index (κ1) is 16.0. The van der Waals surface area contributed by atoms with Gasteiger partial charge in [0.05, 0.1) is 0 Å².